The number of hydrogen-bond acceptors (Lipinski definition) is 3. The smallest absolute Gasteiger partial charge is 0.407 e. The van der Waals surface area contributed by atoms with Gasteiger partial charge in [-0.2, -0.15) is 0 Å². The molecule has 0 aromatic heterocycles. The molecule has 0 atom stereocenters. The molecule has 6 nitrogen and oxygen atoms in total. The Labute approximate surface area is 147 Å². The molecule has 3 amide bonds. The first-order valence-corrected chi connectivity index (χ1v) is 8.25. The van der Waals surface area contributed by atoms with E-state index in [2.05, 4.69) is 16.0 Å². The van der Waals surface area contributed by atoms with Gasteiger partial charge in [0.05, 0.1) is 12.6 Å². The van der Waals surface area contributed by atoms with Gasteiger partial charge in [0.15, 0.2) is 0 Å². The Morgan fingerprint density at radius 1 is 0.880 bits per heavy atom. The van der Waals surface area contributed by atoms with E-state index in [-0.39, 0.29) is 12.1 Å². The van der Waals surface area contributed by atoms with Gasteiger partial charge in [0.2, 0.25) is 0 Å². The highest BCUT2D eigenvalue weighted by Gasteiger charge is 2.16. The van der Waals surface area contributed by atoms with E-state index in [4.69, 9.17) is 4.74 Å². The van der Waals surface area contributed by atoms with Crippen LogP contribution in [0.5, 0.6) is 0 Å². The number of alkyl carbamates (subject to hydrolysis) is 1. The van der Waals surface area contributed by atoms with Gasteiger partial charge in [0.1, 0.15) is 0 Å². The highest BCUT2D eigenvalue weighted by Crippen LogP contribution is 2.21. The molecule has 0 radical (unpaired) electrons. The lowest BCUT2D eigenvalue weighted by Crippen LogP contribution is -2.42. The summed E-state index contributed by atoms with van der Waals surface area (Å²) in [6, 6.07) is 19.0. The molecule has 0 saturated heterocycles. The van der Waals surface area contributed by atoms with Crippen molar-refractivity contribution >= 4 is 12.1 Å². The SMILES string of the molecule is CCOC(=O)NCCNC(=O)NC(c1ccccc1)c1ccccc1. The number of urea groups is 1. The van der Waals surface area contributed by atoms with Crippen LogP contribution in [0.4, 0.5) is 9.59 Å². The summed E-state index contributed by atoms with van der Waals surface area (Å²) >= 11 is 0. The normalized spacial score (nSPS) is 10.2. The summed E-state index contributed by atoms with van der Waals surface area (Å²) in [6.45, 7) is 2.66. The number of nitrogens with one attached hydrogen (secondary N) is 3. The van der Waals surface area contributed by atoms with Crippen LogP contribution in [0.3, 0.4) is 0 Å². The highest BCUT2D eigenvalue weighted by molar-refractivity contribution is 5.75. The number of carbonyl (C=O) groups is 2. The predicted octanol–water partition coefficient (Wildman–Crippen LogP) is 2.82. The van der Waals surface area contributed by atoms with Gasteiger partial charge < -0.3 is 20.7 Å². The molecule has 0 fully saturated rings. The van der Waals surface area contributed by atoms with Crippen molar-refractivity contribution < 1.29 is 14.3 Å². The molecule has 0 spiro atoms. The molecule has 2 aromatic rings. The summed E-state index contributed by atoms with van der Waals surface area (Å²) in [5.41, 5.74) is 1.99. The van der Waals surface area contributed by atoms with Crippen LogP contribution >= 0.6 is 0 Å². The van der Waals surface area contributed by atoms with E-state index in [0.29, 0.717) is 19.7 Å². The van der Waals surface area contributed by atoms with E-state index in [1.54, 1.807) is 6.92 Å². The fourth-order valence-corrected chi connectivity index (χ4v) is 2.35. The summed E-state index contributed by atoms with van der Waals surface area (Å²) in [7, 11) is 0. The van der Waals surface area contributed by atoms with Gasteiger partial charge >= 0.3 is 12.1 Å². The highest BCUT2D eigenvalue weighted by atomic mass is 16.5. The van der Waals surface area contributed by atoms with Crippen molar-refractivity contribution in [3.63, 3.8) is 0 Å². The third-order valence-corrected chi connectivity index (χ3v) is 3.50. The van der Waals surface area contributed by atoms with Gasteiger partial charge in [-0.15, -0.1) is 0 Å². The molecular formula is C19H23N3O3. The van der Waals surface area contributed by atoms with E-state index >= 15 is 0 Å². The number of carbonyl (C=O) groups excluding carboxylic acids is 2. The Hall–Kier alpha value is -3.02. The zero-order valence-corrected chi connectivity index (χ0v) is 14.2. The summed E-state index contributed by atoms with van der Waals surface area (Å²) < 4.78 is 4.75. The van der Waals surface area contributed by atoms with Crippen molar-refractivity contribution in [3.8, 4) is 0 Å². The first-order valence-electron chi connectivity index (χ1n) is 8.25. The molecule has 0 bridgehead atoms. The van der Waals surface area contributed by atoms with Crippen LogP contribution in [-0.2, 0) is 4.74 Å². The second-order valence-electron chi connectivity index (χ2n) is 5.30. The quantitative estimate of drug-likeness (QED) is 0.678. The van der Waals surface area contributed by atoms with Gasteiger partial charge in [0.25, 0.3) is 0 Å². The first-order chi connectivity index (χ1) is 12.2. The van der Waals surface area contributed by atoms with Crippen molar-refractivity contribution in [3.05, 3.63) is 71.8 Å². The fraction of sp³-hybridized carbons (Fsp3) is 0.263. The lowest BCUT2D eigenvalue weighted by molar-refractivity contribution is 0.152. The number of rotatable bonds is 7. The van der Waals surface area contributed by atoms with Gasteiger partial charge in [0, 0.05) is 13.1 Å². The van der Waals surface area contributed by atoms with E-state index in [1.807, 2.05) is 60.7 Å². The monoisotopic (exact) mass is 341 g/mol. The molecule has 0 unspecified atom stereocenters. The first kappa shape index (κ1) is 18.3. The second-order valence-corrected chi connectivity index (χ2v) is 5.30. The molecular weight excluding hydrogens is 318 g/mol. The molecule has 0 saturated carbocycles. The molecule has 0 heterocycles. The summed E-state index contributed by atoms with van der Waals surface area (Å²) in [5, 5.41) is 8.25. The van der Waals surface area contributed by atoms with Crippen molar-refractivity contribution in [2.24, 2.45) is 0 Å². The average Bonchev–Trinajstić information content (AvgIpc) is 2.65. The third kappa shape index (κ3) is 6.18. The minimum Gasteiger partial charge on any atom is -0.450 e. The van der Waals surface area contributed by atoms with Crippen molar-refractivity contribution in [1.82, 2.24) is 16.0 Å². The lowest BCUT2D eigenvalue weighted by atomic mass is 9.99. The zero-order valence-electron chi connectivity index (χ0n) is 14.2. The van der Waals surface area contributed by atoms with Crippen LogP contribution in [0, 0.1) is 0 Å². The molecule has 3 N–H and O–H groups in total. The standard InChI is InChI=1S/C19H23N3O3/c1-2-25-19(24)21-14-13-20-18(23)22-17(15-9-5-3-6-10-15)16-11-7-4-8-12-16/h3-12,17H,2,13-14H2,1H3,(H,21,24)(H2,20,22,23). The Bertz CT molecular complexity index is 623. The number of hydrogen-bond donors (Lipinski definition) is 3. The topological polar surface area (TPSA) is 79.5 Å². The Balaban J connectivity index is 1.91. The summed E-state index contributed by atoms with van der Waals surface area (Å²) in [4.78, 5) is 23.4. The van der Waals surface area contributed by atoms with Crippen LogP contribution in [0.1, 0.15) is 24.1 Å². The van der Waals surface area contributed by atoms with Gasteiger partial charge in [-0.3, -0.25) is 0 Å². The van der Waals surface area contributed by atoms with Gasteiger partial charge in [-0.25, -0.2) is 9.59 Å². The van der Waals surface area contributed by atoms with Crippen LogP contribution < -0.4 is 16.0 Å². The van der Waals surface area contributed by atoms with E-state index in [1.165, 1.54) is 0 Å². The molecule has 0 aliphatic carbocycles. The zero-order chi connectivity index (χ0) is 17.9. The van der Waals surface area contributed by atoms with Crippen molar-refractivity contribution in [2.45, 2.75) is 13.0 Å². The minimum absolute atomic E-state index is 0.250. The summed E-state index contributed by atoms with van der Waals surface area (Å²) in [6.07, 6.45) is -0.490. The number of benzene rings is 2. The van der Waals surface area contributed by atoms with E-state index in [9.17, 15) is 9.59 Å². The van der Waals surface area contributed by atoms with Crippen molar-refractivity contribution in [2.75, 3.05) is 19.7 Å². The molecule has 0 aliphatic rings. The van der Waals surface area contributed by atoms with Gasteiger partial charge in [-0.1, -0.05) is 60.7 Å². The molecule has 25 heavy (non-hydrogen) atoms. The maximum absolute atomic E-state index is 12.2. The van der Waals surface area contributed by atoms with Gasteiger partial charge in [-0.05, 0) is 18.1 Å². The Morgan fingerprint density at radius 2 is 1.40 bits per heavy atom. The molecule has 132 valence electrons. The molecule has 0 aliphatic heterocycles. The van der Waals surface area contributed by atoms with Crippen LogP contribution in [-0.4, -0.2) is 31.8 Å². The average molecular weight is 341 g/mol. The maximum Gasteiger partial charge on any atom is 0.407 e. The molecule has 6 heteroatoms. The van der Waals surface area contributed by atoms with Crippen LogP contribution in [0.25, 0.3) is 0 Å². The largest absolute Gasteiger partial charge is 0.450 e. The molecule has 2 aromatic carbocycles. The third-order valence-electron chi connectivity index (χ3n) is 3.50. The second kappa shape index (κ2) is 9.97. The minimum atomic E-state index is -0.490. The number of amides is 3. The predicted molar refractivity (Wildman–Crippen MR) is 96.3 cm³/mol. The Morgan fingerprint density at radius 3 is 1.92 bits per heavy atom. The maximum atomic E-state index is 12.2. The molecule has 2 rings (SSSR count). The number of ether oxygens (including phenoxy) is 1. The fourth-order valence-electron chi connectivity index (χ4n) is 2.35. The van der Waals surface area contributed by atoms with E-state index < -0.39 is 6.09 Å². The lowest BCUT2D eigenvalue weighted by Gasteiger charge is -2.20. The van der Waals surface area contributed by atoms with Crippen LogP contribution in [0.2, 0.25) is 0 Å². The van der Waals surface area contributed by atoms with Crippen LogP contribution in [0.15, 0.2) is 60.7 Å². The van der Waals surface area contributed by atoms with Crippen molar-refractivity contribution in [1.29, 1.82) is 0 Å². The Kier molecular flexibility index (Phi) is 7.31. The summed E-state index contributed by atoms with van der Waals surface area (Å²) in [5.74, 6) is 0. The van der Waals surface area contributed by atoms with E-state index in [0.717, 1.165) is 11.1 Å².